The molecule has 96 valence electrons. The average molecular weight is 250 g/mol. The van der Waals surface area contributed by atoms with Gasteiger partial charge >= 0.3 is 0 Å². The second-order valence-electron chi connectivity index (χ2n) is 5.15. The van der Waals surface area contributed by atoms with Crippen LogP contribution in [0.4, 0.5) is 0 Å². The third-order valence-electron chi connectivity index (χ3n) is 3.28. The fourth-order valence-corrected chi connectivity index (χ4v) is 2.49. The summed E-state index contributed by atoms with van der Waals surface area (Å²) in [6.45, 7) is 0.969. The molecule has 3 rings (SSSR count). The summed E-state index contributed by atoms with van der Waals surface area (Å²) in [6.07, 6.45) is 2.11. The zero-order chi connectivity index (χ0) is 13.2. The van der Waals surface area contributed by atoms with E-state index in [0.717, 1.165) is 6.54 Å². The molecule has 0 N–H and O–H groups in total. The van der Waals surface area contributed by atoms with E-state index < -0.39 is 0 Å². The molecule has 0 aliphatic rings. The van der Waals surface area contributed by atoms with Gasteiger partial charge in [-0.2, -0.15) is 0 Å². The van der Waals surface area contributed by atoms with Gasteiger partial charge in [-0.15, -0.1) is 0 Å². The molecular weight excluding hydrogens is 232 g/mol. The van der Waals surface area contributed by atoms with Crippen molar-refractivity contribution >= 4 is 5.52 Å². The maximum absolute atomic E-state index is 2.27. The number of hydrogen-bond acceptors (Lipinski definition) is 1. The van der Waals surface area contributed by atoms with Crippen LogP contribution in [0.25, 0.3) is 16.8 Å². The van der Waals surface area contributed by atoms with E-state index in [1.165, 1.54) is 22.3 Å². The number of rotatable bonds is 3. The zero-order valence-corrected chi connectivity index (χ0v) is 11.4. The molecule has 0 spiro atoms. The van der Waals surface area contributed by atoms with Gasteiger partial charge in [-0.25, -0.2) is 0 Å². The first kappa shape index (κ1) is 12.0. The van der Waals surface area contributed by atoms with Crippen molar-refractivity contribution < 1.29 is 0 Å². The van der Waals surface area contributed by atoms with Gasteiger partial charge in [0.05, 0.1) is 5.69 Å². The highest BCUT2D eigenvalue weighted by molar-refractivity contribution is 5.67. The van der Waals surface area contributed by atoms with Gasteiger partial charge < -0.3 is 9.30 Å². The maximum atomic E-state index is 2.27. The van der Waals surface area contributed by atoms with Crippen molar-refractivity contribution in [2.45, 2.75) is 6.54 Å². The molecule has 2 aromatic heterocycles. The molecule has 2 nitrogen and oxygen atoms in total. The Hall–Kier alpha value is -2.06. The molecule has 19 heavy (non-hydrogen) atoms. The van der Waals surface area contributed by atoms with Gasteiger partial charge in [0.15, 0.2) is 0 Å². The van der Waals surface area contributed by atoms with E-state index >= 15 is 0 Å². The minimum Gasteiger partial charge on any atom is -0.317 e. The Labute approximate surface area is 113 Å². The normalized spacial score (nSPS) is 11.3. The van der Waals surface area contributed by atoms with Crippen LogP contribution < -0.4 is 0 Å². The molecule has 0 saturated carbocycles. The second kappa shape index (κ2) is 4.90. The predicted octanol–water partition coefficient (Wildman–Crippen LogP) is 3.67. The molecule has 0 radical (unpaired) electrons. The Morgan fingerprint density at radius 3 is 2.68 bits per heavy atom. The molecule has 0 bridgehead atoms. The van der Waals surface area contributed by atoms with Crippen molar-refractivity contribution in [2.75, 3.05) is 14.1 Å². The maximum Gasteiger partial charge on any atom is 0.0528 e. The van der Waals surface area contributed by atoms with Gasteiger partial charge in [-0.05, 0) is 55.6 Å². The van der Waals surface area contributed by atoms with Crippen LogP contribution in [0.1, 0.15) is 5.56 Å². The number of nitrogens with zero attached hydrogens (tertiary/aromatic N) is 2. The highest BCUT2D eigenvalue weighted by atomic mass is 15.0. The van der Waals surface area contributed by atoms with Gasteiger partial charge in [0.25, 0.3) is 0 Å². The quantitative estimate of drug-likeness (QED) is 0.688. The molecule has 0 fully saturated rings. The van der Waals surface area contributed by atoms with Crippen molar-refractivity contribution in [2.24, 2.45) is 0 Å². The van der Waals surface area contributed by atoms with Crippen LogP contribution in [0.15, 0.2) is 60.8 Å². The largest absolute Gasteiger partial charge is 0.317 e. The summed E-state index contributed by atoms with van der Waals surface area (Å²) >= 11 is 0. The summed E-state index contributed by atoms with van der Waals surface area (Å²) < 4.78 is 2.23. The van der Waals surface area contributed by atoms with Crippen LogP contribution in [0.3, 0.4) is 0 Å². The molecule has 0 aliphatic carbocycles. The molecular formula is C17H18N2. The second-order valence-corrected chi connectivity index (χ2v) is 5.15. The fourth-order valence-electron chi connectivity index (χ4n) is 2.49. The Morgan fingerprint density at radius 2 is 1.84 bits per heavy atom. The molecule has 1 aromatic carbocycles. The van der Waals surface area contributed by atoms with Crippen LogP contribution in [0.5, 0.6) is 0 Å². The first-order valence-electron chi connectivity index (χ1n) is 6.54. The van der Waals surface area contributed by atoms with Crippen LogP contribution >= 0.6 is 0 Å². The first-order valence-corrected chi connectivity index (χ1v) is 6.54. The predicted molar refractivity (Wildman–Crippen MR) is 80.2 cm³/mol. The van der Waals surface area contributed by atoms with Crippen LogP contribution in [0.2, 0.25) is 0 Å². The SMILES string of the molecule is CN(C)Cc1cccc(-c2ccc3ccccn23)c1. The van der Waals surface area contributed by atoms with Crippen LogP contribution in [-0.2, 0) is 6.54 Å². The Kier molecular flexibility index (Phi) is 3.10. The van der Waals surface area contributed by atoms with E-state index in [2.05, 4.69) is 84.2 Å². The van der Waals surface area contributed by atoms with Crippen molar-refractivity contribution in [3.8, 4) is 11.3 Å². The van der Waals surface area contributed by atoms with E-state index in [1.54, 1.807) is 0 Å². The molecule has 0 atom stereocenters. The van der Waals surface area contributed by atoms with Crippen molar-refractivity contribution in [1.29, 1.82) is 0 Å². The smallest absolute Gasteiger partial charge is 0.0528 e. The van der Waals surface area contributed by atoms with Crippen molar-refractivity contribution in [1.82, 2.24) is 9.30 Å². The van der Waals surface area contributed by atoms with Gasteiger partial charge in [0.1, 0.15) is 0 Å². The number of pyridine rings is 1. The Balaban J connectivity index is 2.06. The summed E-state index contributed by atoms with van der Waals surface area (Å²) in [4.78, 5) is 2.19. The fraction of sp³-hybridized carbons (Fsp3) is 0.176. The minimum absolute atomic E-state index is 0.969. The third kappa shape index (κ3) is 2.40. The Morgan fingerprint density at radius 1 is 0.947 bits per heavy atom. The van der Waals surface area contributed by atoms with Crippen LogP contribution in [-0.4, -0.2) is 23.4 Å². The number of benzene rings is 1. The molecule has 0 amide bonds. The molecule has 2 heteroatoms. The minimum atomic E-state index is 0.969. The monoisotopic (exact) mass is 250 g/mol. The lowest BCUT2D eigenvalue weighted by atomic mass is 10.1. The lowest BCUT2D eigenvalue weighted by Gasteiger charge is -2.11. The van der Waals surface area contributed by atoms with Gasteiger partial charge in [-0.1, -0.05) is 24.3 Å². The highest BCUT2D eigenvalue weighted by Crippen LogP contribution is 2.23. The molecule has 2 heterocycles. The van der Waals surface area contributed by atoms with Crippen molar-refractivity contribution in [3.05, 3.63) is 66.4 Å². The molecule has 0 unspecified atom stereocenters. The lowest BCUT2D eigenvalue weighted by molar-refractivity contribution is 0.402. The van der Waals surface area contributed by atoms with E-state index in [9.17, 15) is 0 Å². The number of hydrogen-bond donors (Lipinski definition) is 0. The van der Waals surface area contributed by atoms with E-state index in [4.69, 9.17) is 0 Å². The Bertz CT molecular complexity index is 695. The summed E-state index contributed by atoms with van der Waals surface area (Å²) in [7, 11) is 4.19. The van der Waals surface area contributed by atoms with E-state index in [0.29, 0.717) is 0 Å². The van der Waals surface area contributed by atoms with E-state index in [1.807, 2.05) is 0 Å². The average Bonchev–Trinajstić information content (AvgIpc) is 2.82. The summed E-state index contributed by atoms with van der Waals surface area (Å²) in [5.41, 5.74) is 5.09. The number of fused-ring (bicyclic) bond motifs is 1. The third-order valence-corrected chi connectivity index (χ3v) is 3.28. The summed E-state index contributed by atoms with van der Waals surface area (Å²) in [6, 6.07) is 19.4. The summed E-state index contributed by atoms with van der Waals surface area (Å²) in [5.74, 6) is 0. The highest BCUT2D eigenvalue weighted by Gasteiger charge is 2.05. The number of aromatic nitrogens is 1. The van der Waals surface area contributed by atoms with E-state index in [-0.39, 0.29) is 0 Å². The molecule has 0 aliphatic heterocycles. The first-order chi connectivity index (χ1) is 9.24. The van der Waals surface area contributed by atoms with Crippen LogP contribution in [0, 0.1) is 0 Å². The van der Waals surface area contributed by atoms with Gasteiger partial charge in [-0.3, -0.25) is 0 Å². The van der Waals surface area contributed by atoms with Gasteiger partial charge in [0.2, 0.25) is 0 Å². The lowest BCUT2D eigenvalue weighted by Crippen LogP contribution is -2.10. The molecule has 0 saturated heterocycles. The topological polar surface area (TPSA) is 7.65 Å². The standard InChI is InChI=1S/C17H18N2/c1-18(2)13-14-6-5-7-15(12-14)17-10-9-16-8-3-4-11-19(16)17/h3-12H,13H2,1-2H3. The molecule has 3 aromatic rings. The van der Waals surface area contributed by atoms with Crippen molar-refractivity contribution in [3.63, 3.8) is 0 Å². The van der Waals surface area contributed by atoms with Gasteiger partial charge in [0, 0.05) is 18.3 Å². The summed E-state index contributed by atoms with van der Waals surface area (Å²) in [5, 5.41) is 0. The zero-order valence-electron chi connectivity index (χ0n) is 11.4.